The standard InChI is InChI=1S/C19H17ClF2O5S/c20-11-1-3-13(4-2-11)28(25,26)19-8-7-12(23)9-18(19,24)10-27-17-15(22)6-5-14(21)16(17)19/h1-6,12,23-24H,7-10H2/t12-,18+,19+/m0/s1. The van der Waals surface area contributed by atoms with Crippen LogP contribution >= 0.6 is 11.6 Å². The molecule has 0 saturated heterocycles. The van der Waals surface area contributed by atoms with Crippen molar-refractivity contribution >= 4 is 21.4 Å². The van der Waals surface area contributed by atoms with Crippen molar-refractivity contribution in [2.24, 2.45) is 0 Å². The van der Waals surface area contributed by atoms with Crippen molar-refractivity contribution < 1.29 is 32.1 Å². The van der Waals surface area contributed by atoms with Crippen molar-refractivity contribution in [1.82, 2.24) is 0 Å². The summed E-state index contributed by atoms with van der Waals surface area (Å²) in [5.74, 6) is -2.45. The molecule has 0 amide bonds. The summed E-state index contributed by atoms with van der Waals surface area (Å²) in [6, 6.07) is 6.90. The number of fused-ring (bicyclic) bond motifs is 3. The van der Waals surface area contributed by atoms with Gasteiger partial charge in [-0.3, -0.25) is 0 Å². The van der Waals surface area contributed by atoms with E-state index in [9.17, 15) is 27.4 Å². The van der Waals surface area contributed by atoms with Crippen LogP contribution in [-0.4, -0.2) is 36.9 Å². The number of hydrogen-bond donors (Lipinski definition) is 2. The summed E-state index contributed by atoms with van der Waals surface area (Å²) in [5, 5.41) is 21.7. The molecule has 1 heterocycles. The van der Waals surface area contributed by atoms with Gasteiger partial charge < -0.3 is 14.9 Å². The maximum atomic E-state index is 14.9. The Labute approximate surface area is 165 Å². The van der Waals surface area contributed by atoms with Crippen LogP contribution in [0, 0.1) is 11.6 Å². The van der Waals surface area contributed by atoms with E-state index in [2.05, 4.69) is 0 Å². The van der Waals surface area contributed by atoms with Crippen LogP contribution in [0.5, 0.6) is 5.75 Å². The van der Waals surface area contributed by atoms with E-state index in [1.165, 1.54) is 24.3 Å². The van der Waals surface area contributed by atoms with Gasteiger partial charge in [-0.25, -0.2) is 17.2 Å². The second-order valence-electron chi connectivity index (χ2n) is 7.23. The van der Waals surface area contributed by atoms with Crippen LogP contribution in [0.4, 0.5) is 8.78 Å². The molecule has 1 aliphatic heterocycles. The molecule has 4 rings (SSSR count). The van der Waals surface area contributed by atoms with Crippen LogP contribution in [0.2, 0.25) is 5.02 Å². The Hall–Kier alpha value is -1.74. The zero-order chi connectivity index (χ0) is 20.3. The highest BCUT2D eigenvalue weighted by Crippen LogP contribution is 2.58. The van der Waals surface area contributed by atoms with E-state index in [1.807, 2.05) is 0 Å². The molecule has 0 spiro atoms. The number of aliphatic hydroxyl groups is 2. The number of sulfone groups is 1. The predicted octanol–water partition coefficient (Wildman–Crippen LogP) is 2.96. The molecule has 0 aromatic heterocycles. The van der Waals surface area contributed by atoms with Crippen molar-refractivity contribution in [3.8, 4) is 5.75 Å². The van der Waals surface area contributed by atoms with E-state index in [-0.39, 0.29) is 24.2 Å². The van der Waals surface area contributed by atoms with Gasteiger partial charge in [0.15, 0.2) is 21.4 Å². The van der Waals surface area contributed by atoms with Gasteiger partial charge in [0, 0.05) is 11.4 Å². The molecular formula is C19H17ClF2O5S. The molecule has 28 heavy (non-hydrogen) atoms. The monoisotopic (exact) mass is 430 g/mol. The minimum atomic E-state index is -4.44. The Bertz CT molecular complexity index is 1040. The third kappa shape index (κ3) is 2.51. The average Bonchev–Trinajstić information content (AvgIpc) is 2.63. The smallest absolute Gasteiger partial charge is 0.191 e. The number of halogens is 3. The predicted molar refractivity (Wildman–Crippen MR) is 97.0 cm³/mol. The molecule has 1 fully saturated rings. The molecule has 150 valence electrons. The van der Waals surface area contributed by atoms with Crippen molar-refractivity contribution in [2.75, 3.05) is 6.61 Å². The maximum Gasteiger partial charge on any atom is 0.191 e. The Kier molecular flexibility index (Phi) is 4.46. The fourth-order valence-corrected chi connectivity index (χ4v) is 6.88. The molecular weight excluding hydrogens is 414 g/mol. The zero-order valence-electron chi connectivity index (χ0n) is 14.5. The van der Waals surface area contributed by atoms with Gasteiger partial charge in [0.1, 0.15) is 22.8 Å². The van der Waals surface area contributed by atoms with E-state index >= 15 is 0 Å². The lowest BCUT2D eigenvalue weighted by atomic mass is 9.68. The summed E-state index contributed by atoms with van der Waals surface area (Å²) in [5.41, 5.74) is -2.69. The summed E-state index contributed by atoms with van der Waals surface area (Å²) in [4.78, 5) is -0.191. The fraction of sp³-hybridized carbons (Fsp3) is 0.368. The second kappa shape index (κ2) is 6.38. The number of aliphatic hydroxyl groups excluding tert-OH is 1. The van der Waals surface area contributed by atoms with Crippen LogP contribution in [0.3, 0.4) is 0 Å². The van der Waals surface area contributed by atoms with Crippen LogP contribution in [-0.2, 0) is 14.6 Å². The summed E-state index contributed by atoms with van der Waals surface area (Å²) in [6.45, 7) is -0.593. The van der Waals surface area contributed by atoms with E-state index in [0.717, 1.165) is 12.1 Å². The molecule has 5 nitrogen and oxygen atoms in total. The van der Waals surface area contributed by atoms with Crippen molar-refractivity contribution in [1.29, 1.82) is 0 Å². The first-order valence-corrected chi connectivity index (χ1v) is 10.5. The van der Waals surface area contributed by atoms with E-state index in [1.54, 1.807) is 0 Å². The fourth-order valence-electron chi connectivity index (χ4n) is 4.37. The normalized spacial score (nSPS) is 29.5. The van der Waals surface area contributed by atoms with Crippen LogP contribution in [0.15, 0.2) is 41.3 Å². The molecule has 2 aromatic rings. The highest BCUT2D eigenvalue weighted by Gasteiger charge is 2.67. The molecule has 2 N–H and O–H groups in total. The number of hydrogen-bond acceptors (Lipinski definition) is 5. The Morgan fingerprint density at radius 2 is 1.75 bits per heavy atom. The van der Waals surface area contributed by atoms with E-state index in [0.29, 0.717) is 5.02 Å². The van der Waals surface area contributed by atoms with Gasteiger partial charge in [-0.05, 0) is 49.2 Å². The van der Waals surface area contributed by atoms with Gasteiger partial charge in [0.25, 0.3) is 0 Å². The summed E-state index contributed by atoms with van der Waals surface area (Å²) in [6.07, 6.45) is -1.66. The highest BCUT2D eigenvalue weighted by atomic mass is 35.5. The highest BCUT2D eigenvalue weighted by molar-refractivity contribution is 7.92. The largest absolute Gasteiger partial charge is 0.487 e. The first-order valence-electron chi connectivity index (χ1n) is 8.64. The molecule has 0 bridgehead atoms. The lowest BCUT2D eigenvalue weighted by Crippen LogP contribution is -2.65. The second-order valence-corrected chi connectivity index (χ2v) is 9.85. The number of benzene rings is 2. The van der Waals surface area contributed by atoms with Crippen LogP contribution < -0.4 is 4.74 Å². The van der Waals surface area contributed by atoms with Crippen LogP contribution in [0.1, 0.15) is 24.8 Å². The zero-order valence-corrected chi connectivity index (χ0v) is 16.1. The molecule has 0 unspecified atom stereocenters. The third-order valence-corrected chi connectivity index (χ3v) is 8.51. The Morgan fingerprint density at radius 3 is 2.43 bits per heavy atom. The lowest BCUT2D eigenvalue weighted by Gasteiger charge is -2.53. The molecule has 2 aromatic carbocycles. The van der Waals surface area contributed by atoms with Gasteiger partial charge in [-0.1, -0.05) is 11.6 Å². The van der Waals surface area contributed by atoms with Gasteiger partial charge in [-0.2, -0.15) is 0 Å². The van der Waals surface area contributed by atoms with Gasteiger partial charge >= 0.3 is 0 Å². The van der Waals surface area contributed by atoms with Crippen molar-refractivity contribution in [3.63, 3.8) is 0 Å². The number of ether oxygens (including phenoxy) is 1. The minimum Gasteiger partial charge on any atom is -0.487 e. The van der Waals surface area contributed by atoms with E-state index < -0.39 is 55.8 Å². The van der Waals surface area contributed by atoms with Gasteiger partial charge in [-0.15, -0.1) is 0 Å². The topological polar surface area (TPSA) is 83.8 Å². The van der Waals surface area contributed by atoms with Crippen molar-refractivity contribution in [3.05, 3.63) is 58.6 Å². The summed E-state index contributed by atoms with van der Waals surface area (Å²) >= 11 is 5.85. The van der Waals surface area contributed by atoms with Gasteiger partial charge in [0.2, 0.25) is 0 Å². The Morgan fingerprint density at radius 1 is 1.11 bits per heavy atom. The minimum absolute atomic E-state index is 0.00940. The Balaban J connectivity index is 2.07. The lowest BCUT2D eigenvalue weighted by molar-refractivity contribution is -0.113. The maximum absolute atomic E-state index is 14.9. The van der Waals surface area contributed by atoms with Gasteiger partial charge in [0.05, 0.1) is 16.6 Å². The third-order valence-electron chi connectivity index (χ3n) is 5.66. The average molecular weight is 431 g/mol. The molecule has 1 aliphatic carbocycles. The SMILES string of the molecule is O=S(=O)(c1ccc(Cl)cc1)[C@@]12CC[C@H](O)C[C@@]1(O)COc1c(F)ccc(F)c12. The van der Waals surface area contributed by atoms with Crippen LogP contribution in [0.25, 0.3) is 0 Å². The molecule has 0 radical (unpaired) electrons. The molecule has 9 heteroatoms. The van der Waals surface area contributed by atoms with Crippen molar-refractivity contribution in [2.45, 2.75) is 40.6 Å². The molecule has 2 aliphatic rings. The number of rotatable bonds is 2. The molecule has 3 atom stereocenters. The first-order chi connectivity index (χ1) is 13.1. The summed E-state index contributed by atoms with van der Waals surface area (Å²) in [7, 11) is -4.44. The summed E-state index contributed by atoms with van der Waals surface area (Å²) < 4.78 is 59.9. The first kappa shape index (κ1) is 19.6. The quantitative estimate of drug-likeness (QED) is 0.765. The van der Waals surface area contributed by atoms with E-state index in [4.69, 9.17) is 16.3 Å². The molecule has 1 saturated carbocycles.